The second kappa shape index (κ2) is 7.10. The fourth-order valence-electron chi connectivity index (χ4n) is 1.47. The molecule has 1 unspecified atom stereocenters. The van der Waals surface area contributed by atoms with Gasteiger partial charge in [0, 0.05) is 19.6 Å². The highest BCUT2D eigenvalue weighted by Gasteiger charge is 2.26. The summed E-state index contributed by atoms with van der Waals surface area (Å²) in [7, 11) is 0. The Morgan fingerprint density at radius 1 is 1.20 bits per heavy atom. The van der Waals surface area contributed by atoms with Crippen LogP contribution in [0, 0.1) is 10.8 Å². The molecule has 0 radical (unpaired) electrons. The first-order valence-corrected chi connectivity index (χ1v) is 5.50. The summed E-state index contributed by atoms with van der Waals surface area (Å²) in [5, 5.41) is 20.4. The van der Waals surface area contributed by atoms with Crippen molar-refractivity contribution < 1.29 is 19.1 Å². The molecule has 12 nitrogen and oxygen atoms in total. The van der Waals surface area contributed by atoms with Crippen molar-refractivity contribution in [2.75, 3.05) is 19.6 Å². The van der Waals surface area contributed by atoms with E-state index in [2.05, 4.69) is 25.5 Å². The van der Waals surface area contributed by atoms with E-state index < -0.39 is 30.4 Å². The number of nitrogens with one attached hydrogen (secondary N) is 5. The van der Waals surface area contributed by atoms with Crippen molar-refractivity contribution in [2.45, 2.75) is 6.17 Å². The van der Waals surface area contributed by atoms with Gasteiger partial charge in [-0.05, 0) is 0 Å². The number of carbonyl (C=O) groups is 2. The Kier molecular flexibility index (Phi) is 5.49. The molecule has 112 valence electrons. The van der Waals surface area contributed by atoms with E-state index in [0.717, 1.165) is 0 Å². The molecule has 1 fully saturated rings. The highest BCUT2D eigenvalue weighted by atomic mass is 16.6. The van der Waals surface area contributed by atoms with E-state index in [1.807, 2.05) is 0 Å². The third-order valence-corrected chi connectivity index (χ3v) is 2.17. The second-order valence-electron chi connectivity index (χ2n) is 3.68. The first-order valence-electron chi connectivity index (χ1n) is 5.50. The number of nitrogens with two attached hydrogens (primary N) is 2. The van der Waals surface area contributed by atoms with Gasteiger partial charge in [-0.1, -0.05) is 0 Å². The summed E-state index contributed by atoms with van der Waals surface area (Å²) in [6.45, 7) is 1.23. The first-order chi connectivity index (χ1) is 9.38. The maximum atomic E-state index is 11.3. The van der Waals surface area contributed by atoms with Crippen molar-refractivity contribution in [1.29, 1.82) is 10.8 Å². The quantitative estimate of drug-likeness (QED) is 0.212. The maximum Gasteiger partial charge on any atom is 0.429 e. The van der Waals surface area contributed by atoms with Gasteiger partial charge in [0.2, 0.25) is 0 Å². The van der Waals surface area contributed by atoms with Crippen LogP contribution in [-0.2, 0) is 9.47 Å². The minimum Gasteiger partial charge on any atom is -0.377 e. The molecule has 0 aliphatic carbocycles. The number of amides is 2. The van der Waals surface area contributed by atoms with Crippen LogP contribution in [0.5, 0.6) is 0 Å². The zero-order valence-corrected chi connectivity index (χ0v) is 10.4. The van der Waals surface area contributed by atoms with Crippen LogP contribution < -0.4 is 27.5 Å². The van der Waals surface area contributed by atoms with E-state index in [9.17, 15) is 9.59 Å². The summed E-state index contributed by atoms with van der Waals surface area (Å²) in [5.41, 5.74) is 12.1. The van der Waals surface area contributed by atoms with E-state index in [-0.39, 0.29) is 0 Å². The number of carbonyl (C=O) groups excluding carboxylic acids is 2. The molecule has 0 spiro atoms. The smallest absolute Gasteiger partial charge is 0.377 e. The molecule has 1 aliphatic rings. The van der Waals surface area contributed by atoms with Crippen LogP contribution in [-0.4, -0.2) is 55.0 Å². The average Bonchev–Trinajstić information content (AvgIpc) is 2.29. The molecular formula is C8H16N8O4. The molecule has 0 aromatic carbocycles. The summed E-state index contributed by atoms with van der Waals surface area (Å²) in [6.07, 6.45) is -2.53. The molecule has 0 bridgehead atoms. The van der Waals surface area contributed by atoms with Crippen LogP contribution in [0.4, 0.5) is 9.59 Å². The molecule has 1 rings (SSSR count). The number of rotatable bonds is 2. The lowest BCUT2D eigenvalue weighted by molar-refractivity contribution is 0.0710. The SMILES string of the molecule is N=C(N)OC(=O)NC1CNCCN1NC(=O)OC(=N)N. The highest BCUT2D eigenvalue weighted by Crippen LogP contribution is 1.98. The van der Waals surface area contributed by atoms with Gasteiger partial charge in [-0.25, -0.2) is 9.59 Å². The molecule has 0 saturated carbocycles. The number of hydrazine groups is 1. The van der Waals surface area contributed by atoms with Gasteiger partial charge < -0.3 is 31.6 Å². The zero-order valence-electron chi connectivity index (χ0n) is 10.4. The third-order valence-electron chi connectivity index (χ3n) is 2.17. The molecule has 0 aromatic heterocycles. The fraction of sp³-hybridized carbons (Fsp3) is 0.500. The Labute approximate surface area is 113 Å². The second-order valence-corrected chi connectivity index (χ2v) is 3.68. The minimum atomic E-state index is -0.953. The van der Waals surface area contributed by atoms with Gasteiger partial charge in [0.25, 0.3) is 12.0 Å². The van der Waals surface area contributed by atoms with Crippen molar-refractivity contribution in [3.05, 3.63) is 0 Å². The number of hydrogen-bond acceptors (Lipinski definition) is 8. The van der Waals surface area contributed by atoms with Gasteiger partial charge in [-0.3, -0.25) is 16.2 Å². The molecule has 12 heteroatoms. The van der Waals surface area contributed by atoms with Crippen LogP contribution in [0.2, 0.25) is 0 Å². The molecule has 2 amide bonds. The van der Waals surface area contributed by atoms with Crippen molar-refractivity contribution >= 4 is 24.2 Å². The monoisotopic (exact) mass is 288 g/mol. The van der Waals surface area contributed by atoms with Gasteiger partial charge in [-0.15, -0.1) is 0 Å². The zero-order chi connectivity index (χ0) is 15.1. The Morgan fingerprint density at radius 2 is 1.80 bits per heavy atom. The standard InChI is InChI=1S/C8H16N8O4/c9-5(10)19-7(17)14-4-3-13-1-2-16(4)15-8(18)20-6(11)12/h4,13H,1-3H2,(H3,9,10)(H3,11,12)(H,14,17)(H,15,18). The molecule has 1 heterocycles. The van der Waals surface area contributed by atoms with Gasteiger partial charge in [0.1, 0.15) is 6.17 Å². The average molecular weight is 288 g/mol. The Balaban J connectivity index is 2.53. The lowest BCUT2D eigenvalue weighted by Gasteiger charge is -2.35. The first kappa shape index (κ1) is 15.5. The number of piperazine rings is 1. The molecule has 20 heavy (non-hydrogen) atoms. The minimum absolute atomic E-state index is 0.313. The van der Waals surface area contributed by atoms with Gasteiger partial charge in [0.15, 0.2) is 0 Å². The third kappa shape index (κ3) is 5.36. The van der Waals surface area contributed by atoms with Crippen molar-refractivity contribution in [2.24, 2.45) is 11.5 Å². The van der Waals surface area contributed by atoms with Crippen molar-refractivity contribution in [3.63, 3.8) is 0 Å². The summed E-state index contributed by atoms with van der Waals surface area (Å²) >= 11 is 0. The van der Waals surface area contributed by atoms with E-state index in [4.69, 9.17) is 22.3 Å². The molecule has 9 N–H and O–H groups in total. The summed E-state index contributed by atoms with van der Waals surface area (Å²) in [6, 6.07) is -1.50. The van der Waals surface area contributed by atoms with Crippen molar-refractivity contribution in [1.82, 2.24) is 21.1 Å². The Morgan fingerprint density at radius 3 is 2.40 bits per heavy atom. The summed E-state index contributed by atoms with van der Waals surface area (Å²) in [4.78, 5) is 22.6. The summed E-state index contributed by atoms with van der Waals surface area (Å²) < 4.78 is 8.65. The molecule has 1 saturated heterocycles. The predicted molar refractivity (Wildman–Crippen MR) is 66.4 cm³/mol. The van der Waals surface area contributed by atoms with E-state index >= 15 is 0 Å². The van der Waals surface area contributed by atoms with Gasteiger partial charge in [0.05, 0.1) is 0 Å². The Hall–Kier alpha value is -2.60. The fourth-order valence-corrected chi connectivity index (χ4v) is 1.47. The normalized spacial score (nSPS) is 18.7. The van der Waals surface area contributed by atoms with Gasteiger partial charge in [-0.2, -0.15) is 5.01 Å². The molecular weight excluding hydrogens is 272 g/mol. The number of ether oxygens (including phenoxy) is 2. The maximum absolute atomic E-state index is 11.3. The van der Waals surface area contributed by atoms with Crippen molar-refractivity contribution in [3.8, 4) is 0 Å². The topological polar surface area (TPSA) is 192 Å². The number of amidine groups is 2. The van der Waals surface area contributed by atoms with Crippen LogP contribution in [0.15, 0.2) is 0 Å². The number of hydrogen-bond donors (Lipinski definition) is 7. The van der Waals surface area contributed by atoms with Gasteiger partial charge >= 0.3 is 12.2 Å². The van der Waals surface area contributed by atoms with Crippen LogP contribution in [0.1, 0.15) is 0 Å². The predicted octanol–water partition coefficient (Wildman–Crippen LogP) is -2.63. The van der Waals surface area contributed by atoms with Crippen LogP contribution in [0.3, 0.4) is 0 Å². The summed E-state index contributed by atoms with van der Waals surface area (Å²) in [5.74, 6) is 0. The van der Waals surface area contributed by atoms with Crippen LogP contribution >= 0.6 is 0 Å². The lowest BCUT2D eigenvalue weighted by Crippen LogP contribution is -2.64. The molecule has 1 aliphatic heterocycles. The van der Waals surface area contributed by atoms with Crippen LogP contribution in [0.25, 0.3) is 0 Å². The van der Waals surface area contributed by atoms with E-state index in [0.29, 0.717) is 19.6 Å². The lowest BCUT2D eigenvalue weighted by atomic mass is 10.3. The Bertz CT molecular complexity index is 375. The molecule has 0 aromatic rings. The number of alkyl carbamates (subject to hydrolysis) is 1. The van der Waals surface area contributed by atoms with E-state index in [1.54, 1.807) is 0 Å². The number of nitrogens with zero attached hydrogens (tertiary/aromatic N) is 1. The molecule has 1 atom stereocenters. The van der Waals surface area contributed by atoms with E-state index in [1.165, 1.54) is 5.01 Å². The largest absolute Gasteiger partial charge is 0.429 e. The highest BCUT2D eigenvalue weighted by molar-refractivity contribution is 5.84.